The highest BCUT2D eigenvalue weighted by atomic mass is 19.4. The number of nitrogens with zero attached hydrogens (tertiary/aromatic N) is 1. The lowest BCUT2D eigenvalue weighted by atomic mass is 10.1. The van der Waals surface area contributed by atoms with Gasteiger partial charge < -0.3 is 10.2 Å². The molecule has 1 saturated heterocycles. The van der Waals surface area contributed by atoms with Crippen LogP contribution in [0.2, 0.25) is 0 Å². The van der Waals surface area contributed by atoms with Crippen LogP contribution < -0.4 is 5.32 Å². The lowest BCUT2D eigenvalue weighted by Gasteiger charge is -2.22. The zero-order chi connectivity index (χ0) is 15.6. The number of hydrogen-bond acceptors (Lipinski definition) is 2. The number of likely N-dealkylation sites (tertiary alicyclic amines) is 1. The van der Waals surface area contributed by atoms with Crippen molar-refractivity contribution in [1.29, 1.82) is 0 Å². The molecule has 1 aliphatic heterocycles. The van der Waals surface area contributed by atoms with Crippen LogP contribution in [0.3, 0.4) is 0 Å². The SMILES string of the molecule is CCNc1ccc(C(=O)N2CCCC2C)cc1C(F)(F)F. The Hall–Kier alpha value is -1.72. The minimum Gasteiger partial charge on any atom is -0.385 e. The van der Waals surface area contributed by atoms with E-state index in [2.05, 4.69) is 5.32 Å². The van der Waals surface area contributed by atoms with E-state index in [9.17, 15) is 18.0 Å². The van der Waals surface area contributed by atoms with Gasteiger partial charge in [0.1, 0.15) is 0 Å². The van der Waals surface area contributed by atoms with Crippen LogP contribution in [-0.4, -0.2) is 29.9 Å². The Morgan fingerprint density at radius 2 is 2.14 bits per heavy atom. The Balaban J connectivity index is 2.35. The Bertz CT molecular complexity index is 528. The minimum atomic E-state index is -4.48. The van der Waals surface area contributed by atoms with Crippen molar-refractivity contribution in [3.63, 3.8) is 0 Å². The summed E-state index contributed by atoms with van der Waals surface area (Å²) in [5, 5.41) is 2.68. The number of benzene rings is 1. The average molecular weight is 300 g/mol. The molecule has 3 nitrogen and oxygen atoms in total. The summed E-state index contributed by atoms with van der Waals surface area (Å²) in [5.74, 6) is -0.325. The van der Waals surface area contributed by atoms with Crippen LogP contribution in [0.1, 0.15) is 42.6 Å². The summed E-state index contributed by atoms with van der Waals surface area (Å²) in [5.41, 5.74) is -0.684. The minimum absolute atomic E-state index is 0.0102. The van der Waals surface area contributed by atoms with E-state index >= 15 is 0 Å². The van der Waals surface area contributed by atoms with Crippen molar-refractivity contribution in [1.82, 2.24) is 4.90 Å². The highest BCUT2D eigenvalue weighted by molar-refractivity contribution is 5.95. The van der Waals surface area contributed by atoms with Gasteiger partial charge in [-0.05, 0) is 44.9 Å². The molecule has 0 aliphatic carbocycles. The second kappa shape index (κ2) is 5.95. The Labute approximate surface area is 122 Å². The molecule has 1 heterocycles. The number of amides is 1. The van der Waals surface area contributed by atoms with E-state index in [1.807, 2.05) is 6.92 Å². The number of alkyl halides is 3. The average Bonchev–Trinajstić information content (AvgIpc) is 2.84. The van der Waals surface area contributed by atoms with Crippen molar-refractivity contribution in [2.45, 2.75) is 38.9 Å². The second-order valence-electron chi connectivity index (χ2n) is 5.28. The van der Waals surface area contributed by atoms with Gasteiger partial charge in [-0.3, -0.25) is 4.79 Å². The molecule has 0 radical (unpaired) electrons. The summed E-state index contributed by atoms with van der Waals surface area (Å²) < 4.78 is 39.3. The molecule has 1 unspecified atom stereocenters. The van der Waals surface area contributed by atoms with Crippen molar-refractivity contribution in [2.24, 2.45) is 0 Å². The maximum atomic E-state index is 13.1. The summed E-state index contributed by atoms with van der Waals surface area (Å²) in [4.78, 5) is 14.0. The molecule has 1 aromatic rings. The fourth-order valence-electron chi connectivity index (χ4n) is 2.66. The van der Waals surface area contributed by atoms with Gasteiger partial charge in [-0.2, -0.15) is 13.2 Å². The highest BCUT2D eigenvalue weighted by Gasteiger charge is 2.35. The predicted octanol–water partition coefficient (Wildman–Crippen LogP) is 3.76. The van der Waals surface area contributed by atoms with Crippen LogP contribution >= 0.6 is 0 Å². The molecule has 0 bridgehead atoms. The van der Waals surface area contributed by atoms with Gasteiger partial charge in [-0.1, -0.05) is 0 Å². The number of rotatable bonds is 3. The number of anilines is 1. The predicted molar refractivity (Wildman–Crippen MR) is 75.3 cm³/mol. The van der Waals surface area contributed by atoms with E-state index in [1.54, 1.807) is 11.8 Å². The summed E-state index contributed by atoms with van der Waals surface area (Å²) >= 11 is 0. The number of nitrogens with one attached hydrogen (secondary N) is 1. The van der Waals surface area contributed by atoms with E-state index in [0.717, 1.165) is 18.9 Å². The van der Waals surface area contributed by atoms with Crippen molar-refractivity contribution in [2.75, 3.05) is 18.4 Å². The first kappa shape index (κ1) is 15.7. The maximum absolute atomic E-state index is 13.1. The van der Waals surface area contributed by atoms with Crippen molar-refractivity contribution in [3.05, 3.63) is 29.3 Å². The Kier molecular flexibility index (Phi) is 4.44. The lowest BCUT2D eigenvalue weighted by molar-refractivity contribution is -0.137. The monoisotopic (exact) mass is 300 g/mol. The molecule has 116 valence electrons. The molecular weight excluding hydrogens is 281 g/mol. The second-order valence-corrected chi connectivity index (χ2v) is 5.28. The lowest BCUT2D eigenvalue weighted by Crippen LogP contribution is -2.33. The van der Waals surface area contributed by atoms with Crippen LogP contribution in [0.5, 0.6) is 0 Å². The van der Waals surface area contributed by atoms with Gasteiger partial charge in [0, 0.05) is 30.4 Å². The molecule has 0 aromatic heterocycles. The van der Waals surface area contributed by atoms with Gasteiger partial charge in [0.15, 0.2) is 0 Å². The van der Waals surface area contributed by atoms with Gasteiger partial charge in [-0.15, -0.1) is 0 Å². The molecule has 1 aromatic carbocycles. The summed E-state index contributed by atoms with van der Waals surface area (Å²) in [6.07, 6.45) is -2.69. The first-order chi connectivity index (χ1) is 9.84. The number of hydrogen-bond donors (Lipinski definition) is 1. The Morgan fingerprint density at radius 1 is 1.43 bits per heavy atom. The van der Waals surface area contributed by atoms with Gasteiger partial charge in [-0.25, -0.2) is 0 Å². The molecule has 6 heteroatoms. The fraction of sp³-hybridized carbons (Fsp3) is 0.533. The highest BCUT2D eigenvalue weighted by Crippen LogP contribution is 2.36. The molecule has 1 fully saturated rings. The van der Waals surface area contributed by atoms with Gasteiger partial charge in [0.25, 0.3) is 5.91 Å². The van der Waals surface area contributed by atoms with E-state index in [0.29, 0.717) is 13.1 Å². The third-order valence-corrected chi connectivity index (χ3v) is 3.75. The largest absolute Gasteiger partial charge is 0.418 e. The third-order valence-electron chi connectivity index (χ3n) is 3.75. The first-order valence-electron chi connectivity index (χ1n) is 7.10. The van der Waals surface area contributed by atoms with E-state index in [4.69, 9.17) is 0 Å². The van der Waals surface area contributed by atoms with Crippen molar-refractivity contribution >= 4 is 11.6 Å². The van der Waals surface area contributed by atoms with Crippen LogP contribution in [-0.2, 0) is 6.18 Å². The van der Waals surface area contributed by atoms with Crippen LogP contribution in [0.15, 0.2) is 18.2 Å². The number of halogens is 3. The number of carbonyl (C=O) groups is 1. The molecule has 1 amide bonds. The molecule has 2 rings (SSSR count). The Morgan fingerprint density at radius 3 is 2.67 bits per heavy atom. The molecule has 21 heavy (non-hydrogen) atoms. The molecular formula is C15H19F3N2O. The zero-order valence-electron chi connectivity index (χ0n) is 12.1. The smallest absolute Gasteiger partial charge is 0.385 e. The third kappa shape index (κ3) is 3.31. The number of carbonyl (C=O) groups excluding carboxylic acids is 1. The maximum Gasteiger partial charge on any atom is 0.418 e. The molecule has 1 N–H and O–H groups in total. The van der Waals surface area contributed by atoms with Gasteiger partial charge in [0.2, 0.25) is 0 Å². The van der Waals surface area contributed by atoms with E-state index in [-0.39, 0.29) is 23.2 Å². The van der Waals surface area contributed by atoms with Crippen LogP contribution in [0, 0.1) is 0 Å². The summed E-state index contributed by atoms with van der Waals surface area (Å²) in [6.45, 7) is 4.64. The standard InChI is InChI=1S/C15H19F3N2O/c1-3-19-13-7-6-11(9-12(13)15(16,17)18)14(21)20-8-4-5-10(20)2/h6-7,9-10,19H,3-5,8H2,1-2H3. The molecule has 0 spiro atoms. The molecule has 1 aliphatic rings. The van der Waals surface area contributed by atoms with Crippen LogP contribution in [0.4, 0.5) is 18.9 Å². The van der Waals surface area contributed by atoms with Gasteiger partial charge in [0.05, 0.1) is 5.56 Å². The van der Waals surface area contributed by atoms with Gasteiger partial charge >= 0.3 is 6.18 Å². The molecule has 0 saturated carbocycles. The topological polar surface area (TPSA) is 32.3 Å². The fourth-order valence-corrected chi connectivity index (χ4v) is 2.66. The van der Waals surface area contributed by atoms with E-state index < -0.39 is 11.7 Å². The molecule has 1 atom stereocenters. The summed E-state index contributed by atoms with van der Waals surface area (Å²) in [7, 11) is 0. The summed E-state index contributed by atoms with van der Waals surface area (Å²) in [6, 6.07) is 3.83. The first-order valence-corrected chi connectivity index (χ1v) is 7.10. The van der Waals surface area contributed by atoms with Crippen molar-refractivity contribution < 1.29 is 18.0 Å². The van der Waals surface area contributed by atoms with E-state index in [1.165, 1.54) is 12.1 Å². The quantitative estimate of drug-likeness (QED) is 0.921. The normalized spacial score (nSPS) is 18.9. The zero-order valence-corrected chi connectivity index (χ0v) is 12.1. The van der Waals surface area contributed by atoms with Crippen molar-refractivity contribution in [3.8, 4) is 0 Å². The van der Waals surface area contributed by atoms with Crippen LogP contribution in [0.25, 0.3) is 0 Å².